The van der Waals surface area contributed by atoms with E-state index in [4.69, 9.17) is 0 Å². The van der Waals surface area contributed by atoms with Gasteiger partial charge >= 0.3 is 0 Å². The van der Waals surface area contributed by atoms with Gasteiger partial charge in [0.1, 0.15) is 0 Å². The third-order valence-corrected chi connectivity index (χ3v) is 3.12. The van der Waals surface area contributed by atoms with Gasteiger partial charge in [-0.15, -0.1) is 0 Å². The summed E-state index contributed by atoms with van der Waals surface area (Å²) < 4.78 is 0. The van der Waals surface area contributed by atoms with E-state index in [-0.39, 0.29) is 11.5 Å². The van der Waals surface area contributed by atoms with Crippen LogP contribution in [0, 0.1) is 5.41 Å². The average molecular weight is 159 g/mol. The van der Waals surface area contributed by atoms with E-state index < -0.39 is 0 Å². The molecule has 0 saturated heterocycles. The molecule has 0 aliphatic heterocycles. The minimum Gasteiger partial charge on any atom is -0.200 e. The van der Waals surface area contributed by atoms with Crippen LogP contribution in [0.2, 0.25) is 0 Å². The highest BCUT2D eigenvalue weighted by atomic mass is 17.1. The molecule has 0 aromatic carbocycles. The second kappa shape index (κ2) is 4.73. The lowest BCUT2D eigenvalue weighted by molar-refractivity contribution is -0.352. The third-order valence-electron chi connectivity index (χ3n) is 3.12. The summed E-state index contributed by atoms with van der Waals surface area (Å²) in [5.74, 6) is 0. The van der Waals surface area contributed by atoms with Gasteiger partial charge in [-0.2, -0.15) is 0 Å². The van der Waals surface area contributed by atoms with Crippen LogP contribution in [0.3, 0.4) is 0 Å². The maximum absolute atomic E-state index is 10.3. The van der Waals surface area contributed by atoms with Crippen LogP contribution in [0.25, 0.3) is 0 Å². The normalized spacial score (nSPS) is 15.0. The Morgan fingerprint density at radius 3 is 1.64 bits per heavy atom. The molecular formula is C9H19O2. The van der Waals surface area contributed by atoms with Crippen molar-refractivity contribution in [3.63, 3.8) is 0 Å². The Balaban J connectivity index is 4.26. The second-order valence-corrected chi connectivity index (χ2v) is 3.16. The molecule has 1 radical (unpaired) electrons. The van der Waals surface area contributed by atoms with Crippen LogP contribution in [0.4, 0.5) is 0 Å². The molecule has 0 aliphatic carbocycles. The van der Waals surface area contributed by atoms with Gasteiger partial charge in [-0.25, -0.2) is 4.89 Å². The predicted molar refractivity (Wildman–Crippen MR) is 44.5 cm³/mol. The van der Waals surface area contributed by atoms with E-state index in [0.29, 0.717) is 0 Å². The quantitative estimate of drug-likeness (QED) is 0.448. The van der Waals surface area contributed by atoms with E-state index in [1.54, 1.807) is 0 Å². The molecule has 1 unspecified atom stereocenters. The van der Waals surface area contributed by atoms with Crippen LogP contribution in [0.5, 0.6) is 0 Å². The number of rotatable bonds is 5. The Kier molecular flexibility index (Phi) is 4.69. The number of hydrogen-bond acceptors (Lipinski definition) is 1. The van der Waals surface area contributed by atoms with E-state index in [1.807, 2.05) is 6.92 Å². The molecule has 0 saturated carbocycles. The zero-order chi connectivity index (χ0) is 8.91. The summed E-state index contributed by atoms with van der Waals surface area (Å²) in [4.78, 5) is 4.14. The molecule has 0 fully saturated rings. The molecule has 1 atom stereocenters. The Bertz CT molecular complexity index is 89.5. The summed E-state index contributed by atoms with van der Waals surface area (Å²) in [6.45, 7) is 8.21. The summed E-state index contributed by atoms with van der Waals surface area (Å²) in [5.41, 5.74) is 0.0990. The van der Waals surface area contributed by atoms with Crippen molar-refractivity contribution in [1.82, 2.24) is 0 Å². The molecule has 2 nitrogen and oxygen atoms in total. The van der Waals surface area contributed by atoms with Crippen LogP contribution >= 0.6 is 0 Å². The molecule has 0 rings (SSSR count). The molecule has 0 spiro atoms. The second-order valence-electron chi connectivity index (χ2n) is 3.16. The molecule has 0 aliphatic rings. The lowest BCUT2D eigenvalue weighted by Gasteiger charge is -2.33. The fraction of sp³-hybridized carbons (Fsp3) is 1.00. The summed E-state index contributed by atoms with van der Waals surface area (Å²) in [5, 5.41) is 10.3. The van der Waals surface area contributed by atoms with Crippen molar-refractivity contribution in [2.45, 2.75) is 53.1 Å². The summed E-state index contributed by atoms with van der Waals surface area (Å²) >= 11 is 0. The van der Waals surface area contributed by atoms with Crippen LogP contribution in [-0.2, 0) is 10.1 Å². The van der Waals surface area contributed by atoms with Gasteiger partial charge < -0.3 is 0 Å². The van der Waals surface area contributed by atoms with E-state index in [0.717, 1.165) is 19.3 Å². The first-order chi connectivity index (χ1) is 5.16. The highest BCUT2D eigenvalue weighted by Crippen LogP contribution is 2.35. The molecule has 0 heterocycles. The largest absolute Gasteiger partial charge is 0.200 e. The molecule has 0 aromatic heterocycles. The fourth-order valence-corrected chi connectivity index (χ4v) is 1.71. The molecule has 0 aromatic rings. The first-order valence-corrected chi connectivity index (χ1v) is 4.45. The van der Waals surface area contributed by atoms with Crippen molar-refractivity contribution < 1.29 is 10.1 Å². The van der Waals surface area contributed by atoms with Gasteiger partial charge in [0.05, 0.1) is 6.10 Å². The van der Waals surface area contributed by atoms with Crippen molar-refractivity contribution >= 4 is 0 Å². The molecule has 0 amide bonds. The number of hydrogen-bond donors (Lipinski definition) is 0. The topological polar surface area (TPSA) is 29.1 Å². The molecule has 67 valence electrons. The van der Waals surface area contributed by atoms with Crippen molar-refractivity contribution in [2.24, 2.45) is 5.41 Å². The standard InChI is InChI=1S/C9H19O2/c1-5-9(6-2,7-3)8(4)11-10/h8H,5-7H2,1-4H3. The summed E-state index contributed by atoms with van der Waals surface area (Å²) in [6, 6.07) is 0. The van der Waals surface area contributed by atoms with Gasteiger partial charge in [0.2, 0.25) is 0 Å². The van der Waals surface area contributed by atoms with Gasteiger partial charge in [-0.3, -0.25) is 0 Å². The highest BCUT2D eigenvalue weighted by molar-refractivity contribution is 4.80. The first-order valence-electron chi connectivity index (χ1n) is 4.45. The zero-order valence-electron chi connectivity index (χ0n) is 8.02. The summed E-state index contributed by atoms with van der Waals surface area (Å²) in [6.07, 6.45) is 2.89. The van der Waals surface area contributed by atoms with Crippen LogP contribution in [0.1, 0.15) is 47.0 Å². The lowest BCUT2D eigenvalue weighted by Crippen LogP contribution is -2.32. The van der Waals surface area contributed by atoms with Crippen LogP contribution in [0.15, 0.2) is 0 Å². The van der Waals surface area contributed by atoms with Gasteiger partial charge in [0.15, 0.2) is 0 Å². The summed E-state index contributed by atoms with van der Waals surface area (Å²) in [7, 11) is 0. The van der Waals surface area contributed by atoms with E-state index >= 15 is 0 Å². The maximum atomic E-state index is 10.3. The van der Waals surface area contributed by atoms with E-state index in [1.165, 1.54) is 0 Å². The average Bonchev–Trinajstić information content (AvgIpc) is 2.08. The molecule has 2 heteroatoms. The molecule has 11 heavy (non-hydrogen) atoms. The smallest absolute Gasteiger partial charge is 0.0990 e. The van der Waals surface area contributed by atoms with Crippen molar-refractivity contribution in [3.8, 4) is 0 Å². The minimum atomic E-state index is -0.164. The maximum Gasteiger partial charge on any atom is 0.0990 e. The zero-order valence-corrected chi connectivity index (χ0v) is 8.02. The van der Waals surface area contributed by atoms with Gasteiger partial charge in [-0.1, -0.05) is 20.8 Å². The fourth-order valence-electron chi connectivity index (χ4n) is 1.71. The monoisotopic (exact) mass is 159 g/mol. The predicted octanol–water partition coefficient (Wildman–Crippen LogP) is 2.95. The van der Waals surface area contributed by atoms with E-state index in [9.17, 15) is 5.26 Å². The van der Waals surface area contributed by atoms with Gasteiger partial charge in [0.25, 0.3) is 0 Å². The van der Waals surface area contributed by atoms with E-state index in [2.05, 4.69) is 25.7 Å². The Morgan fingerprint density at radius 2 is 1.55 bits per heavy atom. The van der Waals surface area contributed by atoms with Gasteiger partial charge in [0, 0.05) is 0 Å². The van der Waals surface area contributed by atoms with Crippen molar-refractivity contribution in [1.29, 1.82) is 0 Å². The Hall–Kier alpha value is -0.0800. The minimum absolute atomic E-state index is 0.0990. The molecular weight excluding hydrogens is 140 g/mol. The van der Waals surface area contributed by atoms with Crippen molar-refractivity contribution in [2.75, 3.05) is 0 Å². The van der Waals surface area contributed by atoms with Crippen LogP contribution in [-0.4, -0.2) is 6.10 Å². The Labute approximate surface area is 69.5 Å². The highest BCUT2D eigenvalue weighted by Gasteiger charge is 2.32. The van der Waals surface area contributed by atoms with Crippen molar-refractivity contribution in [3.05, 3.63) is 0 Å². The third kappa shape index (κ3) is 2.17. The first kappa shape index (κ1) is 10.9. The lowest BCUT2D eigenvalue weighted by atomic mass is 9.75. The Morgan fingerprint density at radius 1 is 1.18 bits per heavy atom. The molecule has 0 bridgehead atoms. The van der Waals surface area contributed by atoms with Crippen LogP contribution < -0.4 is 0 Å². The molecule has 0 N–H and O–H groups in total. The SMILES string of the molecule is CCC(CC)(CC)C(C)O[O]. The van der Waals surface area contributed by atoms with Gasteiger partial charge in [-0.05, 0) is 36.9 Å².